The second kappa shape index (κ2) is 6.76. The Morgan fingerprint density at radius 3 is 2.60 bits per heavy atom. The Morgan fingerprint density at radius 1 is 1.16 bits per heavy atom. The van der Waals surface area contributed by atoms with Crippen molar-refractivity contribution in [1.29, 1.82) is 0 Å². The molecule has 0 unspecified atom stereocenters. The fourth-order valence-corrected chi connectivity index (χ4v) is 2.75. The zero-order chi connectivity index (χ0) is 18.0. The van der Waals surface area contributed by atoms with E-state index >= 15 is 0 Å². The summed E-state index contributed by atoms with van der Waals surface area (Å²) >= 11 is 0. The lowest BCUT2D eigenvalue weighted by molar-refractivity contribution is -0.135. The van der Waals surface area contributed by atoms with Crippen molar-refractivity contribution in [3.63, 3.8) is 0 Å². The molecular weight excluding hydrogens is 318 g/mol. The fraction of sp³-hybridized carbons (Fsp3) is 0.211. The summed E-state index contributed by atoms with van der Waals surface area (Å²) in [6, 6.07) is 12.6. The number of hydrogen-bond donors (Lipinski definition) is 2. The van der Waals surface area contributed by atoms with E-state index in [1.807, 2.05) is 32.0 Å². The molecule has 2 N–H and O–H groups in total. The molecule has 25 heavy (non-hydrogen) atoms. The van der Waals surface area contributed by atoms with E-state index in [0.717, 1.165) is 10.9 Å². The van der Waals surface area contributed by atoms with Gasteiger partial charge in [0, 0.05) is 11.9 Å². The number of aromatic hydroxyl groups is 1. The van der Waals surface area contributed by atoms with E-state index < -0.39 is 5.97 Å². The van der Waals surface area contributed by atoms with Crippen LogP contribution >= 0.6 is 0 Å². The third kappa shape index (κ3) is 3.38. The molecule has 2 aromatic carbocycles. The first kappa shape index (κ1) is 16.7. The van der Waals surface area contributed by atoms with Crippen LogP contribution in [0.5, 0.6) is 5.75 Å². The van der Waals surface area contributed by atoms with E-state index in [-0.39, 0.29) is 12.3 Å². The Balaban J connectivity index is 2.26. The largest absolute Gasteiger partial charge is 0.507 e. The summed E-state index contributed by atoms with van der Waals surface area (Å²) in [5.74, 6) is 0.0785. The normalized spacial score (nSPS) is 10.8. The number of phenolic OH excluding ortho intramolecular Hbond substituents is 1. The summed E-state index contributed by atoms with van der Waals surface area (Å²) in [5.41, 5.74) is 2.27. The van der Waals surface area contributed by atoms with Gasteiger partial charge >= 0.3 is 5.97 Å². The van der Waals surface area contributed by atoms with Crippen molar-refractivity contribution in [1.82, 2.24) is 9.97 Å². The molecule has 0 amide bonds. The minimum absolute atomic E-state index is 0.0849. The Kier molecular flexibility index (Phi) is 4.52. The van der Waals surface area contributed by atoms with Crippen molar-refractivity contribution in [2.24, 2.45) is 0 Å². The Hall–Kier alpha value is -3.15. The van der Waals surface area contributed by atoms with Gasteiger partial charge in [-0.15, -0.1) is 0 Å². The first-order valence-corrected chi connectivity index (χ1v) is 8.03. The zero-order valence-electron chi connectivity index (χ0n) is 14.1. The highest BCUT2D eigenvalue weighted by atomic mass is 16.4. The molecule has 6 heteroatoms. The van der Waals surface area contributed by atoms with Crippen LogP contribution in [0.4, 0.5) is 5.82 Å². The van der Waals surface area contributed by atoms with Crippen LogP contribution in [0.25, 0.3) is 22.3 Å². The number of hydrogen-bond acceptors (Lipinski definition) is 5. The molecule has 0 atom stereocenters. The molecule has 0 radical (unpaired) electrons. The van der Waals surface area contributed by atoms with Crippen LogP contribution in [0.3, 0.4) is 0 Å². The van der Waals surface area contributed by atoms with E-state index in [2.05, 4.69) is 9.97 Å². The highest BCUT2D eigenvalue weighted by molar-refractivity contribution is 5.93. The summed E-state index contributed by atoms with van der Waals surface area (Å²) in [6.45, 7) is 4.18. The summed E-state index contributed by atoms with van der Waals surface area (Å²) in [6.07, 6.45) is 0. The third-order valence-corrected chi connectivity index (χ3v) is 3.98. The average molecular weight is 337 g/mol. The van der Waals surface area contributed by atoms with E-state index in [1.165, 1.54) is 0 Å². The number of para-hydroxylation sites is 1. The van der Waals surface area contributed by atoms with Crippen LogP contribution in [0, 0.1) is 6.92 Å². The van der Waals surface area contributed by atoms with Crippen molar-refractivity contribution in [2.75, 3.05) is 18.0 Å². The number of aryl methyl sites for hydroxylation is 1. The van der Waals surface area contributed by atoms with E-state index in [4.69, 9.17) is 0 Å². The highest BCUT2D eigenvalue weighted by Crippen LogP contribution is 2.31. The van der Waals surface area contributed by atoms with Crippen LogP contribution in [0.15, 0.2) is 42.5 Å². The number of benzene rings is 2. The van der Waals surface area contributed by atoms with Gasteiger partial charge in [-0.2, -0.15) is 0 Å². The Morgan fingerprint density at radius 2 is 1.92 bits per heavy atom. The highest BCUT2D eigenvalue weighted by Gasteiger charge is 2.18. The monoisotopic (exact) mass is 337 g/mol. The number of carboxylic acids is 1. The molecule has 0 spiro atoms. The first-order chi connectivity index (χ1) is 12.0. The molecular formula is C19H19N3O3. The molecule has 0 bridgehead atoms. The topological polar surface area (TPSA) is 86.6 Å². The smallest absolute Gasteiger partial charge is 0.323 e. The molecule has 0 saturated carbocycles. The summed E-state index contributed by atoms with van der Waals surface area (Å²) in [7, 11) is 0. The van der Waals surface area contributed by atoms with Crippen LogP contribution in [0.1, 0.15) is 12.5 Å². The number of aliphatic carboxylic acids is 1. The first-order valence-electron chi connectivity index (χ1n) is 8.03. The predicted molar refractivity (Wildman–Crippen MR) is 96.9 cm³/mol. The minimum Gasteiger partial charge on any atom is -0.507 e. The summed E-state index contributed by atoms with van der Waals surface area (Å²) in [4.78, 5) is 22.1. The maximum absolute atomic E-state index is 11.2. The molecule has 3 rings (SSSR count). The molecule has 0 saturated heterocycles. The van der Waals surface area contributed by atoms with Crippen molar-refractivity contribution in [2.45, 2.75) is 13.8 Å². The van der Waals surface area contributed by atoms with Crippen molar-refractivity contribution in [3.8, 4) is 17.1 Å². The van der Waals surface area contributed by atoms with Gasteiger partial charge in [0.25, 0.3) is 0 Å². The van der Waals surface area contributed by atoms with Crippen LogP contribution in [0.2, 0.25) is 0 Å². The Bertz CT molecular complexity index is 940. The van der Waals surface area contributed by atoms with Gasteiger partial charge in [0.1, 0.15) is 18.1 Å². The minimum atomic E-state index is -0.926. The lowest BCUT2D eigenvalue weighted by atomic mass is 10.1. The van der Waals surface area contributed by atoms with Crippen molar-refractivity contribution >= 4 is 22.7 Å². The molecule has 0 aliphatic heterocycles. The van der Waals surface area contributed by atoms with Gasteiger partial charge in [0.05, 0.1) is 11.1 Å². The van der Waals surface area contributed by atoms with E-state index in [0.29, 0.717) is 29.3 Å². The van der Waals surface area contributed by atoms with Gasteiger partial charge in [0.2, 0.25) is 0 Å². The van der Waals surface area contributed by atoms with E-state index in [9.17, 15) is 15.0 Å². The average Bonchev–Trinajstić information content (AvgIpc) is 2.58. The summed E-state index contributed by atoms with van der Waals surface area (Å²) < 4.78 is 0. The zero-order valence-corrected chi connectivity index (χ0v) is 14.1. The lowest BCUT2D eigenvalue weighted by Gasteiger charge is -2.22. The predicted octanol–water partition coefficient (Wildman–Crippen LogP) is 3.22. The molecule has 1 aromatic heterocycles. The van der Waals surface area contributed by atoms with Gasteiger partial charge in [-0.1, -0.05) is 18.2 Å². The molecule has 0 aliphatic rings. The SMILES string of the molecule is CCN(CC(=O)O)c1nc(-c2ccccc2O)nc2cc(C)ccc12. The number of phenols is 1. The maximum Gasteiger partial charge on any atom is 0.323 e. The Labute approximate surface area is 145 Å². The molecule has 3 aromatic rings. The lowest BCUT2D eigenvalue weighted by Crippen LogP contribution is -2.30. The number of likely N-dealkylation sites (N-methyl/N-ethyl adjacent to an activating group) is 1. The van der Waals surface area contributed by atoms with Gasteiger partial charge in [-0.25, -0.2) is 9.97 Å². The van der Waals surface area contributed by atoms with Crippen molar-refractivity contribution < 1.29 is 15.0 Å². The number of anilines is 1. The molecule has 1 heterocycles. The fourth-order valence-electron chi connectivity index (χ4n) is 2.75. The van der Waals surface area contributed by atoms with Crippen LogP contribution in [-0.4, -0.2) is 39.2 Å². The van der Waals surface area contributed by atoms with Gasteiger partial charge < -0.3 is 15.1 Å². The van der Waals surface area contributed by atoms with Gasteiger partial charge in [0.15, 0.2) is 5.82 Å². The molecule has 6 nitrogen and oxygen atoms in total. The molecule has 0 fully saturated rings. The number of carboxylic acid groups (broad SMARTS) is 1. The number of rotatable bonds is 5. The number of carbonyl (C=O) groups is 1. The standard InChI is InChI=1S/C19H19N3O3/c1-3-22(11-17(24)25)19-13-9-8-12(2)10-15(13)20-18(21-19)14-6-4-5-7-16(14)23/h4-10,23H,3,11H2,1-2H3,(H,24,25). The maximum atomic E-state index is 11.2. The summed E-state index contributed by atoms with van der Waals surface area (Å²) in [5, 5.41) is 20.1. The second-order valence-corrected chi connectivity index (χ2v) is 5.82. The molecule has 128 valence electrons. The van der Waals surface area contributed by atoms with Crippen LogP contribution < -0.4 is 4.90 Å². The van der Waals surface area contributed by atoms with E-state index in [1.54, 1.807) is 29.2 Å². The number of nitrogens with zero attached hydrogens (tertiary/aromatic N) is 3. The molecule has 0 aliphatic carbocycles. The number of fused-ring (bicyclic) bond motifs is 1. The quantitative estimate of drug-likeness (QED) is 0.743. The van der Waals surface area contributed by atoms with Gasteiger partial charge in [-0.05, 0) is 43.7 Å². The third-order valence-electron chi connectivity index (χ3n) is 3.98. The van der Waals surface area contributed by atoms with Crippen LogP contribution in [-0.2, 0) is 4.79 Å². The second-order valence-electron chi connectivity index (χ2n) is 5.82. The van der Waals surface area contributed by atoms with Crippen molar-refractivity contribution in [3.05, 3.63) is 48.0 Å². The number of aromatic nitrogens is 2. The van der Waals surface area contributed by atoms with Gasteiger partial charge in [-0.3, -0.25) is 4.79 Å².